The van der Waals surface area contributed by atoms with E-state index in [9.17, 15) is 0 Å². The van der Waals surface area contributed by atoms with E-state index in [0.717, 1.165) is 38.9 Å². The van der Waals surface area contributed by atoms with Crippen molar-refractivity contribution in [1.82, 2.24) is 29.9 Å². The number of fused-ring (bicyclic) bond motifs is 2. The van der Waals surface area contributed by atoms with Gasteiger partial charge in [-0.1, -0.05) is 0 Å². The van der Waals surface area contributed by atoms with Crippen molar-refractivity contribution in [2.75, 3.05) is 29.3 Å². The number of aromatic nitrogens is 6. The SMILES string of the molecule is Cc1cc2nnccc2cc1Nc1ncc2c(n1)c(C1CCS(C)(C)CC1)nn2C. The Morgan fingerprint density at radius 3 is 2.77 bits per heavy atom. The molecule has 1 aromatic carbocycles. The second-order valence-electron chi connectivity index (χ2n) is 8.77. The molecular weight excluding hydrogens is 394 g/mol. The van der Waals surface area contributed by atoms with Crippen molar-refractivity contribution in [3.8, 4) is 0 Å². The quantitative estimate of drug-likeness (QED) is 0.531. The average Bonchev–Trinajstić information content (AvgIpc) is 3.04. The minimum atomic E-state index is -0.431. The van der Waals surface area contributed by atoms with Gasteiger partial charge in [0, 0.05) is 24.0 Å². The number of anilines is 2. The third-order valence-corrected chi connectivity index (χ3v) is 8.83. The largest absolute Gasteiger partial charge is 0.324 e. The lowest BCUT2D eigenvalue weighted by molar-refractivity contribution is 0.600. The summed E-state index contributed by atoms with van der Waals surface area (Å²) in [7, 11) is 1.55. The number of hydrogen-bond donors (Lipinski definition) is 1. The molecule has 1 fully saturated rings. The van der Waals surface area contributed by atoms with Gasteiger partial charge in [0.05, 0.1) is 23.6 Å². The molecule has 0 radical (unpaired) electrons. The fraction of sp³-hybridized carbons (Fsp3) is 0.409. The van der Waals surface area contributed by atoms with E-state index in [1.807, 2.05) is 30.1 Å². The van der Waals surface area contributed by atoms with Gasteiger partial charge in [0.25, 0.3) is 0 Å². The fourth-order valence-corrected chi connectivity index (χ4v) is 6.28. The molecule has 5 rings (SSSR count). The van der Waals surface area contributed by atoms with E-state index in [1.165, 1.54) is 24.3 Å². The highest BCUT2D eigenvalue weighted by Gasteiger charge is 2.28. The predicted molar refractivity (Wildman–Crippen MR) is 125 cm³/mol. The van der Waals surface area contributed by atoms with Crippen molar-refractivity contribution in [1.29, 1.82) is 0 Å². The lowest BCUT2D eigenvalue weighted by atomic mass is 9.98. The summed E-state index contributed by atoms with van der Waals surface area (Å²) in [5, 5.41) is 17.4. The van der Waals surface area contributed by atoms with Crippen molar-refractivity contribution in [2.45, 2.75) is 25.7 Å². The van der Waals surface area contributed by atoms with Crippen LogP contribution in [-0.4, -0.2) is 54.0 Å². The van der Waals surface area contributed by atoms with Gasteiger partial charge in [-0.2, -0.15) is 15.3 Å². The third-order valence-electron chi connectivity index (χ3n) is 6.15. The molecule has 4 aromatic rings. The van der Waals surface area contributed by atoms with Gasteiger partial charge >= 0.3 is 0 Å². The van der Waals surface area contributed by atoms with Gasteiger partial charge in [-0.15, -0.1) is 0 Å². The zero-order valence-corrected chi connectivity index (χ0v) is 18.7. The van der Waals surface area contributed by atoms with E-state index in [2.05, 4.69) is 46.0 Å². The molecule has 1 aliphatic heterocycles. The average molecular weight is 422 g/mol. The number of aryl methyl sites for hydroxylation is 2. The minimum Gasteiger partial charge on any atom is -0.324 e. The molecule has 30 heavy (non-hydrogen) atoms. The Morgan fingerprint density at radius 1 is 1.17 bits per heavy atom. The topological polar surface area (TPSA) is 81.4 Å². The second-order valence-corrected chi connectivity index (χ2v) is 13.1. The molecule has 1 saturated heterocycles. The summed E-state index contributed by atoms with van der Waals surface area (Å²) >= 11 is 0. The van der Waals surface area contributed by atoms with Gasteiger partial charge in [0.1, 0.15) is 11.0 Å². The molecule has 0 atom stereocenters. The molecule has 0 bridgehead atoms. The normalized spacial score (nSPS) is 18.0. The van der Waals surface area contributed by atoms with Gasteiger partial charge in [0.2, 0.25) is 5.95 Å². The molecule has 0 unspecified atom stereocenters. The Labute approximate surface area is 177 Å². The Hall–Kier alpha value is -2.74. The van der Waals surface area contributed by atoms with Crippen molar-refractivity contribution in [2.24, 2.45) is 7.05 Å². The van der Waals surface area contributed by atoms with Crippen LogP contribution in [0.2, 0.25) is 0 Å². The highest BCUT2D eigenvalue weighted by molar-refractivity contribution is 8.32. The van der Waals surface area contributed by atoms with Crippen molar-refractivity contribution in [3.63, 3.8) is 0 Å². The predicted octanol–water partition coefficient (Wildman–Crippen LogP) is 4.30. The number of hydrogen-bond acceptors (Lipinski definition) is 6. The summed E-state index contributed by atoms with van der Waals surface area (Å²) in [6.07, 6.45) is 10.9. The zero-order chi connectivity index (χ0) is 20.9. The monoisotopic (exact) mass is 421 g/mol. The minimum absolute atomic E-state index is 0.431. The van der Waals surface area contributed by atoms with E-state index >= 15 is 0 Å². The van der Waals surface area contributed by atoms with Gasteiger partial charge < -0.3 is 5.32 Å². The molecule has 0 amide bonds. The zero-order valence-electron chi connectivity index (χ0n) is 17.9. The van der Waals surface area contributed by atoms with Crippen LogP contribution in [-0.2, 0) is 7.05 Å². The van der Waals surface area contributed by atoms with Crippen molar-refractivity contribution in [3.05, 3.63) is 41.9 Å². The molecule has 156 valence electrons. The summed E-state index contributed by atoms with van der Waals surface area (Å²) in [5.41, 5.74) is 6.02. The van der Waals surface area contributed by atoms with E-state index in [-0.39, 0.29) is 0 Å². The molecule has 1 N–H and O–H groups in total. The summed E-state index contributed by atoms with van der Waals surface area (Å²) in [5.74, 6) is 3.71. The van der Waals surface area contributed by atoms with Gasteiger partial charge in [-0.05, 0) is 67.5 Å². The molecule has 0 aliphatic carbocycles. The van der Waals surface area contributed by atoms with Gasteiger partial charge in [-0.3, -0.25) is 4.68 Å². The molecule has 4 heterocycles. The lowest BCUT2D eigenvalue weighted by Gasteiger charge is -2.38. The van der Waals surface area contributed by atoms with Gasteiger partial charge in [-0.25, -0.2) is 20.0 Å². The van der Waals surface area contributed by atoms with Crippen molar-refractivity contribution < 1.29 is 0 Å². The number of nitrogens with zero attached hydrogens (tertiary/aromatic N) is 6. The van der Waals surface area contributed by atoms with Crippen LogP contribution in [0.5, 0.6) is 0 Å². The Kier molecular flexibility index (Phi) is 4.61. The van der Waals surface area contributed by atoms with E-state index in [0.29, 0.717) is 11.9 Å². The van der Waals surface area contributed by atoms with Crippen LogP contribution in [0.1, 0.15) is 30.0 Å². The maximum absolute atomic E-state index is 4.90. The Bertz CT molecular complexity index is 1240. The highest BCUT2D eigenvalue weighted by atomic mass is 32.3. The van der Waals surface area contributed by atoms with Crippen LogP contribution in [0, 0.1) is 6.92 Å². The van der Waals surface area contributed by atoms with Crippen LogP contribution in [0.3, 0.4) is 0 Å². The summed E-state index contributed by atoms with van der Waals surface area (Å²) in [6.45, 7) is 2.05. The first-order valence-corrected chi connectivity index (χ1v) is 13.1. The molecular formula is C22H27N7S. The molecule has 3 aromatic heterocycles. The Morgan fingerprint density at radius 2 is 1.97 bits per heavy atom. The summed E-state index contributed by atoms with van der Waals surface area (Å²) in [6, 6.07) is 6.07. The lowest BCUT2D eigenvalue weighted by Crippen LogP contribution is -2.19. The Balaban J connectivity index is 1.50. The number of nitrogens with one attached hydrogen (secondary N) is 1. The molecule has 0 saturated carbocycles. The summed E-state index contributed by atoms with van der Waals surface area (Å²) in [4.78, 5) is 9.46. The van der Waals surface area contributed by atoms with E-state index in [1.54, 1.807) is 6.20 Å². The number of rotatable bonds is 3. The van der Waals surface area contributed by atoms with Crippen molar-refractivity contribution >= 4 is 43.6 Å². The second kappa shape index (κ2) is 7.19. The van der Waals surface area contributed by atoms with Crippen LogP contribution in [0.25, 0.3) is 21.9 Å². The van der Waals surface area contributed by atoms with E-state index in [4.69, 9.17) is 10.1 Å². The number of benzene rings is 1. The first-order chi connectivity index (χ1) is 14.4. The highest BCUT2D eigenvalue weighted by Crippen LogP contribution is 2.49. The maximum atomic E-state index is 4.90. The molecule has 0 spiro atoms. The maximum Gasteiger partial charge on any atom is 0.227 e. The molecule has 1 aliphatic rings. The van der Waals surface area contributed by atoms with Crippen LogP contribution in [0.4, 0.5) is 11.6 Å². The molecule has 8 heteroatoms. The van der Waals surface area contributed by atoms with Crippen LogP contribution in [0.15, 0.2) is 30.6 Å². The fourth-order valence-electron chi connectivity index (χ4n) is 4.24. The van der Waals surface area contributed by atoms with Crippen LogP contribution < -0.4 is 5.32 Å². The van der Waals surface area contributed by atoms with E-state index < -0.39 is 10.0 Å². The molecule has 7 nitrogen and oxygen atoms in total. The first kappa shape index (κ1) is 19.2. The van der Waals surface area contributed by atoms with Crippen LogP contribution >= 0.6 is 10.0 Å². The smallest absolute Gasteiger partial charge is 0.227 e. The first-order valence-electron chi connectivity index (χ1n) is 10.3. The van der Waals surface area contributed by atoms with Gasteiger partial charge in [0.15, 0.2) is 0 Å². The summed E-state index contributed by atoms with van der Waals surface area (Å²) < 4.78 is 1.92. The standard InChI is InChI=1S/C22H27N7S/c1-14-11-18-16(5-8-24-27-18)12-17(14)25-22-23-13-19-21(26-22)20(28-29(19)2)15-6-9-30(3,4)10-7-15/h5,8,11-13,15H,6-7,9-10H2,1-4H3,(H,23,25,26). The third kappa shape index (κ3) is 3.49.